The van der Waals surface area contributed by atoms with Gasteiger partial charge in [0.15, 0.2) is 0 Å². The maximum absolute atomic E-state index is 5.94. The Balaban J connectivity index is 2.03. The van der Waals surface area contributed by atoms with Crippen LogP contribution in [0.15, 0.2) is 30.6 Å². The van der Waals surface area contributed by atoms with E-state index in [0.29, 0.717) is 28.0 Å². The monoisotopic (exact) mass is 275 g/mol. The van der Waals surface area contributed by atoms with Crippen LogP contribution in [0.1, 0.15) is 5.82 Å². The summed E-state index contributed by atoms with van der Waals surface area (Å²) in [6.45, 7) is 1.85. The van der Waals surface area contributed by atoms with Crippen molar-refractivity contribution in [2.45, 2.75) is 6.92 Å². The molecule has 0 fully saturated rings. The second kappa shape index (κ2) is 4.40. The van der Waals surface area contributed by atoms with Crippen LogP contribution in [0.3, 0.4) is 0 Å². The van der Waals surface area contributed by atoms with Crippen molar-refractivity contribution >= 4 is 22.9 Å². The number of fused-ring (bicyclic) bond motifs is 1. The maximum Gasteiger partial charge on any atom is 0.265 e. The predicted octanol–water partition coefficient (Wildman–Crippen LogP) is 2.46. The van der Waals surface area contributed by atoms with Gasteiger partial charge in [-0.25, -0.2) is 4.98 Å². The zero-order valence-electron chi connectivity index (χ0n) is 10.0. The van der Waals surface area contributed by atoms with E-state index < -0.39 is 0 Å². The number of aryl methyl sites for hydroxylation is 1. The highest BCUT2D eigenvalue weighted by molar-refractivity contribution is 6.33. The molecule has 0 saturated carbocycles. The second-order valence-corrected chi connectivity index (χ2v) is 4.37. The van der Waals surface area contributed by atoms with Gasteiger partial charge in [0.25, 0.3) is 5.88 Å². The SMILES string of the molecule is Cc1nnc2c(Oc3ccc(N)c(Cl)c3)nccn12. The lowest BCUT2D eigenvalue weighted by Gasteiger charge is -2.06. The first kappa shape index (κ1) is 11.7. The summed E-state index contributed by atoms with van der Waals surface area (Å²) >= 11 is 5.94. The number of nitrogens with zero attached hydrogens (tertiary/aromatic N) is 4. The summed E-state index contributed by atoms with van der Waals surface area (Å²) in [6, 6.07) is 5.02. The van der Waals surface area contributed by atoms with Crippen LogP contribution in [-0.2, 0) is 0 Å². The van der Waals surface area contributed by atoms with Crippen LogP contribution in [0.25, 0.3) is 5.65 Å². The Morgan fingerprint density at radius 3 is 2.95 bits per heavy atom. The van der Waals surface area contributed by atoms with E-state index in [1.54, 1.807) is 35.0 Å². The third-order valence-corrected chi connectivity index (χ3v) is 2.98. The van der Waals surface area contributed by atoms with E-state index in [4.69, 9.17) is 22.1 Å². The number of aromatic nitrogens is 4. The summed E-state index contributed by atoms with van der Waals surface area (Å²) in [7, 11) is 0. The molecule has 0 unspecified atom stereocenters. The lowest BCUT2D eigenvalue weighted by atomic mass is 10.3. The molecule has 3 rings (SSSR count). The second-order valence-electron chi connectivity index (χ2n) is 3.96. The molecular weight excluding hydrogens is 266 g/mol. The Morgan fingerprint density at radius 1 is 1.32 bits per heavy atom. The highest BCUT2D eigenvalue weighted by Crippen LogP contribution is 2.28. The summed E-state index contributed by atoms with van der Waals surface area (Å²) in [4.78, 5) is 4.15. The van der Waals surface area contributed by atoms with E-state index in [9.17, 15) is 0 Å². The van der Waals surface area contributed by atoms with Crippen molar-refractivity contribution in [1.29, 1.82) is 0 Å². The molecule has 0 aliphatic heterocycles. The number of hydrogen-bond acceptors (Lipinski definition) is 5. The van der Waals surface area contributed by atoms with Crippen molar-refractivity contribution in [3.8, 4) is 11.6 Å². The molecule has 0 amide bonds. The number of hydrogen-bond donors (Lipinski definition) is 1. The Kier molecular flexibility index (Phi) is 2.72. The minimum absolute atomic E-state index is 0.365. The Labute approximate surface area is 113 Å². The predicted molar refractivity (Wildman–Crippen MR) is 71.5 cm³/mol. The standard InChI is InChI=1S/C12H10ClN5O/c1-7-16-17-11-12(15-4-5-18(7)11)19-8-2-3-10(14)9(13)6-8/h2-6H,14H2,1H3. The van der Waals surface area contributed by atoms with E-state index >= 15 is 0 Å². The van der Waals surface area contributed by atoms with Crippen LogP contribution >= 0.6 is 11.6 Å². The van der Waals surface area contributed by atoms with Crippen molar-refractivity contribution in [2.24, 2.45) is 0 Å². The Morgan fingerprint density at radius 2 is 2.16 bits per heavy atom. The molecule has 2 N–H and O–H groups in total. The van der Waals surface area contributed by atoms with Crippen LogP contribution in [-0.4, -0.2) is 19.6 Å². The molecule has 19 heavy (non-hydrogen) atoms. The summed E-state index contributed by atoms with van der Waals surface area (Å²) in [6.07, 6.45) is 3.39. The van der Waals surface area contributed by atoms with E-state index in [1.807, 2.05) is 6.92 Å². The van der Waals surface area contributed by atoms with Gasteiger partial charge >= 0.3 is 0 Å². The molecule has 96 valence electrons. The van der Waals surface area contributed by atoms with Crippen LogP contribution in [0.4, 0.5) is 5.69 Å². The first-order valence-electron chi connectivity index (χ1n) is 5.54. The van der Waals surface area contributed by atoms with Crippen LogP contribution in [0, 0.1) is 6.92 Å². The molecule has 0 aliphatic rings. The van der Waals surface area contributed by atoms with Crippen molar-refractivity contribution in [1.82, 2.24) is 19.6 Å². The first-order valence-corrected chi connectivity index (χ1v) is 5.92. The van der Waals surface area contributed by atoms with Crippen molar-refractivity contribution in [3.05, 3.63) is 41.4 Å². The first-order chi connectivity index (χ1) is 9.15. The normalized spacial score (nSPS) is 10.8. The van der Waals surface area contributed by atoms with Gasteiger partial charge in [0.05, 0.1) is 10.7 Å². The van der Waals surface area contributed by atoms with Crippen LogP contribution in [0.2, 0.25) is 5.02 Å². The summed E-state index contributed by atoms with van der Waals surface area (Å²) in [5, 5.41) is 8.43. The van der Waals surface area contributed by atoms with Gasteiger partial charge in [-0.2, -0.15) is 0 Å². The molecule has 1 aromatic carbocycles. The van der Waals surface area contributed by atoms with E-state index in [1.165, 1.54) is 0 Å². The number of ether oxygens (including phenoxy) is 1. The van der Waals surface area contributed by atoms with E-state index in [2.05, 4.69) is 15.2 Å². The average molecular weight is 276 g/mol. The number of anilines is 1. The van der Waals surface area contributed by atoms with Gasteiger partial charge in [-0.3, -0.25) is 4.40 Å². The fraction of sp³-hybridized carbons (Fsp3) is 0.0833. The Hall–Kier alpha value is -2.34. The lowest BCUT2D eigenvalue weighted by Crippen LogP contribution is -1.95. The Bertz CT molecular complexity index is 755. The number of benzene rings is 1. The molecule has 0 spiro atoms. The van der Waals surface area contributed by atoms with Crippen LogP contribution < -0.4 is 10.5 Å². The highest BCUT2D eigenvalue weighted by atomic mass is 35.5. The topological polar surface area (TPSA) is 78.3 Å². The molecule has 0 radical (unpaired) electrons. The van der Waals surface area contributed by atoms with Crippen molar-refractivity contribution in [2.75, 3.05) is 5.73 Å². The van der Waals surface area contributed by atoms with Crippen molar-refractivity contribution in [3.63, 3.8) is 0 Å². The third kappa shape index (κ3) is 2.06. The molecule has 7 heteroatoms. The van der Waals surface area contributed by atoms with Gasteiger partial charge in [-0.1, -0.05) is 11.6 Å². The number of halogens is 1. The van der Waals surface area contributed by atoms with Gasteiger partial charge < -0.3 is 10.5 Å². The average Bonchev–Trinajstić information content (AvgIpc) is 2.77. The highest BCUT2D eigenvalue weighted by Gasteiger charge is 2.10. The lowest BCUT2D eigenvalue weighted by molar-refractivity contribution is 0.465. The quantitative estimate of drug-likeness (QED) is 0.727. The molecule has 0 saturated heterocycles. The van der Waals surface area contributed by atoms with E-state index in [-0.39, 0.29) is 0 Å². The zero-order chi connectivity index (χ0) is 13.4. The molecule has 3 aromatic rings. The molecule has 2 aromatic heterocycles. The molecule has 0 atom stereocenters. The fourth-order valence-corrected chi connectivity index (χ4v) is 1.84. The van der Waals surface area contributed by atoms with Gasteiger partial charge in [0.1, 0.15) is 11.6 Å². The molecule has 0 bridgehead atoms. The smallest absolute Gasteiger partial charge is 0.265 e. The molecule has 0 aliphatic carbocycles. The van der Waals surface area contributed by atoms with Gasteiger partial charge in [-0.05, 0) is 19.1 Å². The number of nitrogen functional groups attached to an aromatic ring is 1. The van der Waals surface area contributed by atoms with E-state index in [0.717, 1.165) is 5.82 Å². The minimum atomic E-state index is 0.365. The molecule has 6 nitrogen and oxygen atoms in total. The molecular formula is C12H10ClN5O. The minimum Gasteiger partial charge on any atom is -0.436 e. The fourth-order valence-electron chi connectivity index (χ4n) is 1.67. The summed E-state index contributed by atoms with van der Waals surface area (Å²) < 4.78 is 7.46. The summed E-state index contributed by atoms with van der Waals surface area (Å²) in [5.41, 5.74) is 6.69. The van der Waals surface area contributed by atoms with Gasteiger partial charge in [-0.15, -0.1) is 10.2 Å². The van der Waals surface area contributed by atoms with Crippen LogP contribution in [0.5, 0.6) is 11.6 Å². The number of nitrogens with two attached hydrogens (primary N) is 1. The maximum atomic E-state index is 5.94. The number of rotatable bonds is 2. The largest absolute Gasteiger partial charge is 0.436 e. The van der Waals surface area contributed by atoms with Gasteiger partial charge in [0, 0.05) is 18.5 Å². The molecule has 2 heterocycles. The summed E-state index contributed by atoms with van der Waals surface area (Å²) in [5.74, 6) is 1.67. The van der Waals surface area contributed by atoms with Crippen molar-refractivity contribution < 1.29 is 4.74 Å². The van der Waals surface area contributed by atoms with Gasteiger partial charge in [0.2, 0.25) is 5.65 Å². The third-order valence-electron chi connectivity index (χ3n) is 2.65. The zero-order valence-corrected chi connectivity index (χ0v) is 10.8.